The molecular formula is C19H28N2O2. The number of nitrogens with zero attached hydrogens (tertiary/aromatic N) is 1. The number of carbonyl (C=O) groups excluding carboxylic acids is 1. The van der Waals surface area contributed by atoms with Gasteiger partial charge in [0.25, 0.3) is 5.91 Å². The highest BCUT2D eigenvalue weighted by Gasteiger charge is 2.10. The van der Waals surface area contributed by atoms with Gasteiger partial charge in [-0.3, -0.25) is 4.79 Å². The largest absolute Gasteiger partial charge is 0.493 e. The minimum Gasteiger partial charge on any atom is -0.493 e. The third-order valence-corrected chi connectivity index (χ3v) is 4.09. The number of carbonyl (C=O) groups is 1. The molecule has 0 saturated carbocycles. The van der Waals surface area contributed by atoms with Gasteiger partial charge in [-0.05, 0) is 69.6 Å². The van der Waals surface area contributed by atoms with Gasteiger partial charge < -0.3 is 15.0 Å². The van der Waals surface area contributed by atoms with Gasteiger partial charge in [0.2, 0.25) is 0 Å². The second-order valence-electron chi connectivity index (χ2n) is 5.96. The van der Waals surface area contributed by atoms with E-state index in [-0.39, 0.29) is 5.91 Å². The molecule has 23 heavy (non-hydrogen) atoms. The molecule has 0 unspecified atom stereocenters. The Balaban J connectivity index is 1.65. The van der Waals surface area contributed by atoms with Crippen LogP contribution >= 0.6 is 0 Å². The summed E-state index contributed by atoms with van der Waals surface area (Å²) in [5, 5.41) is 2.99. The zero-order chi connectivity index (χ0) is 16.3. The number of likely N-dealkylation sites (tertiary alicyclic amines) is 1. The zero-order valence-electron chi connectivity index (χ0n) is 13.9. The van der Waals surface area contributed by atoms with Gasteiger partial charge >= 0.3 is 0 Å². The van der Waals surface area contributed by atoms with Crippen LogP contribution in [0.4, 0.5) is 0 Å². The van der Waals surface area contributed by atoms with E-state index in [1.165, 1.54) is 32.4 Å². The Morgan fingerprint density at radius 2 is 1.96 bits per heavy atom. The van der Waals surface area contributed by atoms with E-state index in [2.05, 4.69) is 16.8 Å². The monoisotopic (exact) mass is 316 g/mol. The molecule has 0 spiro atoms. The van der Waals surface area contributed by atoms with Crippen LogP contribution in [-0.2, 0) is 0 Å². The number of hydrogen-bond donors (Lipinski definition) is 1. The van der Waals surface area contributed by atoms with Crippen molar-refractivity contribution in [2.45, 2.75) is 32.1 Å². The smallest absolute Gasteiger partial charge is 0.251 e. The maximum Gasteiger partial charge on any atom is 0.251 e. The Bertz CT molecular complexity index is 479. The molecule has 0 bridgehead atoms. The van der Waals surface area contributed by atoms with Crippen LogP contribution in [0.2, 0.25) is 0 Å². The van der Waals surface area contributed by atoms with Crippen LogP contribution in [0.3, 0.4) is 0 Å². The van der Waals surface area contributed by atoms with Crippen LogP contribution < -0.4 is 10.1 Å². The fraction of sp³-hybridized carbons (Fsp3) is 0.526. The predicted octanol–water partition coefficient (Wildman–Crippen LogP) is 3.25. The third kappa shape index (κ3) is 6.45. The SMILES string of the molecule is C=CCCOc1ccc(C(=O)NCCCN2CCCCC2)cc1. The summed E-state index contributed by atoms with van der Waals surface area (Å²) in [5.74, 6) is 0.773. The van der Waals surface area contributed by atoms with Crippen molar-refractivity contribution in [2.75, 3.05) is 32.8 Å². The standard InChI is InChI=1S/C19H28N2O2/c1-2-3-16-23-18-10-8-17(9-11-18)19(22)20-12-7-15-21-13-5-4-6-14-21/h2,8-11H,1,3-7,12-16H2,(H,20,22). The Hall–Kier alpha value is -1.81. The van der Waals surface area contributed by atoms with Gasteiger partial charge in [-0.1, -0.05) is 12.5 Å². The topological polar surface area (TPSA) is 41.6 Å². The molecule has 0 aliphatic carbocycles. The molecule has 0 radical (unpaired) electrons. The van der Waals surface area contributed by atoms with E-state index in [1.54, 1.807) is 0 Å². The molecule has 4 heteroatoms. The second kappa shape index (κ2) is 10.1. The van der Waals surface area contributed by atoms with E-state index in [9.17, 15) is 4.79 Å². The summed E-state index contributed by atoms with van der Waals surface area (Å²) in [6, 6.07) is 7.30. The van der Waals surface area contributed by atoms with E-state index >= 15 is 0 Å². The van der Waals surface area contributed by atoms with Crippen LogP contribution in [0.1, 0.15) is 42.5 Å². The zero-order valence-corrected chi connectivity index (χ0v) is 13.9. The third-order valence-electron chi connectivity index (χ3n) is 4.09. The molecule has 0 atom stereocenters. The average Bonchev–Trinajstić information content (AvgIpc) is 2.60. The molecule has 1 aliphatic rings. The quantitative estimate of drug-likeness (QED) is 0.562. The van der Waals surface area contributed by atoms with Crippen LogP contribution in [0.15, 0.2) is 36.9 Å². The maximum atomic E-state index is 12.1. The predicted molar refractivity (Wildman–Crippen MR) is 94.0 cm³/mol. The van der Waals surface area contributed by atoms with Crippen molar-refractivity contribution in [2.24, 2.45) is 0 Å². The summed E-state index contributed by atoms with van der Waals surface area (Å²) in [7, 11) is 0. The number of rotatable bonds is 9. The van der Waals surface area contributed by atoms with E-state index < -0.39 is 0 Å². The highest BCUT2D eigenvalue weighted by molar-refractivity contribution is 5.94. The second-order valence-corrected chi connectivity index (χ2v) is 5.96. The summed E-state index contributed by atoms with van der Waals surface area (Å²) in [6.45, 7) is 8.50. The van der Waals surface area contributed by atoms with Crippen LogP contribution in [0.25, 0.3) is 0 Å². The summed E-state index contributed by atoms with van der Waals surface area (Å²) in [6.07, 6.45) is 7.64. The van der Waals surface area contributed by atoms with Crippen molar-refractivity contribution in [1.29, 1.82) is 0 Å². The fourth-order valence-corrected chi connectivity index (χ4v) is 2.75. The lowest BCUT2D eigenvalue weighted by molar-refractivity contribution is 0.0951. The minimum absolute atomic E-state index is 0.0127. The molecule has 1 aromatic carbocycles. The van der Waals surface area contributed by atoms with Crippen molar-refractivity contribution in [3.63, 3.8) is 0 Å². The van der Waals surface area contributed by atoms with Gasteiger partial charge in [-0.25, -0.2) is 0 Å². The number of amides is 1. The van der Waals surface area contributed by atoms with Crippen molar-refractivity contribution >= 4 is 5.91 Å². The average molecular weight is 316 g/mol. The first kappa shape index (κ1) is 17.5. The fourth-order valence-electron chi connectivity index (χ4n) is 2.75. The Morgan fingerprint density at radius 3 is 2.65 bits per heavy atom. The highest BCUT2D eigenvalue weighted by atomic mass is 16.5. The molecule has 4 nitrogen and oxygen atoms in total. The Labute approximate surface area is 139 Å². The first-order valence-electron chi connectivity index (χ1n) is 8.64. The van der Waals surface area contributed by atoms with E-state index in [1.807, 2.05) is 30.3 Å². The summed E-state index contributed by atoms with van der Waals surface area (Å²) < 4.78 is 5.54. The first-order chi connectivity index (χ1) is 11.3. The summed E-state index contributed by atoms with van der Waals surface area (Å²) >= 11 is 0. The molecule has 0 aromatic heterocycles. The maximum absolute atomic E-state index is 12.1. The van der Waals surface area contributed by atoms with Gasteiger partial charge in [0.05, 0.1) is 6.61 Å². The van der Waals surface area contributed by atoms with E-state index in [0.29, 0.717) is 12.2 Å². The molecular weight excluding hydrogens is 288 g/mol. The van der Waals surface area contributed by atoms with Gasteiger partial charge in [-0.15, -0.1) is 6.58 Å². The van der Waals surface area contributed by atoms with E-state index in [4.69, 9.17) is 4.74 Å². The first-order valence-corrected chi connectivity index (χ1v) is 8.64. The number of piperidine rings is 1. The van der Waals surface area contributed by atoms with E-state index in [0.717, 1.165) is 31.7 Å². The lowest BCUT2D eigenvalue weighted by Crippen LogP contribution is -2.33. The van der Waals surface area contributed by atoms with Crippen molar-refractivity contribution in [1.82, 2.24) is 10.2 Å². The molecule has 1 aliphatic heterocycles. The van der Waals surface area contributed by atoms with Crippen molar-refractivity contribution < 1.29 is 9.53 Å². The molecule has 1 aromatic rings. The van der Waals surface area contributed by atoms with Gasteiger partial charge in [0, 0.05) is 12.1 Å². The molecule has 1 amide bonds. The normalized spacial score (nSPS) is 15.1. The number of benzene rings is 1. The van der Waals surface area contributed by atoms with Crippen LogP contribution in [0.5, 0.6) is 5.75 Å². The number of ether oxygens (including phenoxy) is 1. The molecule has 1 N–H and O–H groups in total. The lowest BCUT2D eigenvalue weighted by Gasteiger charge is -2.26. The number of nitrogens with one attached hydrogen (secondary N) is 1. The minimum atomic E-state index is -0.0127. The van der Waals surface area contributed by atoms with Gasteiger partial charge in [0.1, 0.15) is 5.75 Å². The molecule has 126 valence electrons. The van der Waals surface area contributed by atoms with Crippen LogP contribution in [0, 0.1) is 0 Å². The van der Waals surface area contributed by atoms with Gasteiger partial charge in [-0.2, -0.15) is 0 Å². The lowest BCUT2D eigenvalue weighted by atomic mass is 10.1. The summed E-state index contributed by atoms with van der Waals surface area (Å²) in [4.78, 5) is 14.6. The highest BCUT2D eigenvalue weighted by Crippen LogP contribution is 2.12. The van der Waals surface area contributed by atoms with Crippen molar-refractivity contribution in [3.05, 3.63) is 42.5 Å². The Kier molecular flexibility index (Phi) is 7.67. The molecule has 2 rings (SSSR count). The van der Waals surface area contributed by atoms with Crippen molar-refractivity contribution in [3.8, 4) is 5.75 Å². The summed E-state index contributed by atoms with van der Waals surface area (Å²) in [5.41, 5.74) is 0.680. The van der Waals surface area contributed by atoms with Crippen LogP contribution in [-0.4, -0.2) is 43.6 Å². The van der Waals surface area contributed by atoms with Gasteiger partial charge in [0.15, 0.2) is 0 Å². The Morgan fingerprint density at radius 1 is 1.22 bits per heavy atom. The number of hydrogen-bond acceptors (Lipinski definition) is 3. The molecule has 1 heterocycles. The molecule has 1 fully saturated rings. The molecule has 1 saturated heterocycles.